The van der Waals surface area contributed by atoms with E-state index in [1.54, 1.807) is 13.3 Å². The van der Waals surface area contributed by atoms with Crippen LogP contribution in [0, 0.1) is 0 Å². The quantitative estimate of drug-likeness (QED) is 0.421. The van der Waals surface area contributed by atoms with E-state index in [1.165, 1.54) is 0 Å². The van der Waals surface area contributed by atoms with Crippen molar-refractivity contribution in [1.82, 2.24) is 15.2 Å². The number of guanidine groups is 1. The zero-order valence-electron chi connectivity index (χ0n) is 17.7. The minimum Gasteiger partial charge on any atom is -0.493 e. The van der Waals surface area contributed by atoms with Gasteiger partial charge in [0.05, 0.1) is 13.7 Å². The number of nitrogens with two attached hydrogens (primary N) is 1. The van der Waals surface area contributed by atoms with Crippen molar-refractivity contribution < 1.29 is 9.47 Å². The maximum atomic E-state index is 5.96. The summed E-state index contributed by atoms with van der Waals surface area (Å²) in [4.78, 5) is 11.0. The summed E-state index contributed by atoms with van der Waals surface area (Å²) < 4.78 is 11.4. The fourth-order valence-electron chi connectivity index (χ4n) is 2.85. The number of nitrogens with one attached hydrogen (secondary N) is 1. The molecule has 1 aromatic carbocycles. The summed E-state index contributed by atoms with van der Waals surface area (Å²) in [7, 11) is 1.65. The first kappa shape index (κ1) is 22.5. The number of benzene rings is 1. The second-order valence-corrected chi connectivity index (χ2v) is 6.56. The Morgan fingerprint density at radius 3 is 2.69 bits per heavy atom. The van der Waals surface area contributed by atoms with Crippen LogP contribution < -0.4 is 20.5 Å². The van der Waals surface area contributed by atoms with Crippen LogP contribution in [-0.2, 0) is 13.0 Å². The van der Waals surface area contributed by atoms with Gasteiger partial charge in [0.1, 0.15) is 6.61 Å². The number of likely N-dealkylation sites (N-methyl/N-ethyl adjacent to an activating group) is 1. The van der Waals surface area contributed by atoms with Crippen LogP contribution >= 0.6 is 0 Å². The van der Waals surface area contributed by atoms with Gasteiger partial charge in [0.25, 0.3) is 0 Å². The van der Waals surface area contributed by atoms with Gasteiger partial charge in [-0.1, -0.05) is 26.0 Å². The monoisotopic (exact) mass is 399 g/mol. The molecule has 0 spiro atoms. The average molecular weight is 400 g/mol. The third kappa shape index (κ3) is 7.99. The Balaban J connectivity index is 1.82. The Morgan fingerprint density at radius 1 is 1.17 bits per heavy atom. The van der Waals surface area contributed by atoms with Gasteiger partial charge < -0.3 is 25.4 Å². The number of aliphatic imine (C=N–C) groups is 1. The highest BCUT2D eigenvalue weighted by Crippen LogP contribution is 2.28. The van der Waals surface area contributed by atoms with Gasteiger partial charge in [-0.15, -0.1) is 0 Å². The molecule has 1 heterocycles. The third-order valence-corrected chi connectivity index (χ3v) is 4.63. The largest absolute Gasteiger partial charge is 0.493 e. The lowest BCUT2D eigenvalue weighted by Crippen LogP contribution is -2.33. The Hall–Kier alpha value is -2.80. The number of aromatic nitrogens is 1. The van der Waals surface area contributed by atoms with Crippen molar-refractivity contribution in [2.24, 2.45) is 10.7 Å². The predicted molar refractivity (Wildman–Crippen MR) is 118 cm³/mol. The smallest absolute Gasteiger partial charge is 0.188 e. The van der Waals surface area contributed by atoms with E-state index in [-0.39, 0.29) is 0 Å². The fraction of sp³-hybridized carbons (Fsp3) is 0.455. The van der Waals surface area contributed by atoms with Crippen LogP contribution in [-0.4, -0.2) is 55.7 Å². The summed E-state index contributed by atoms with van der Waals surface area (Å²) in [5.41, 5.74) is 7.99. The number of ether oxygens (including phenoxy) is 2. The Bertz CT molecular complexity index is 748. The molecular formula is C22H33N5O2. The van der Waals surface area contributed by atoms with Crippen molar-refractivity contribution >= 4 is 5.96 Å². The van der Waals surface area contributed by atoms with Crippen LogP contribution in [0.3, 0.4) is 0 Å². The van der Waals surface area contributed by atoms with E-state index in [1.807, 2.05) is 36.4 Å². The summed E-state index contributed by atoms with van der Waals surface area (Å²) in [6, 6.07) is 11.7. The maximum absolute atomic E-state index is 5.96. The van der Waals surface area contributed by atoms with Gasteiger partial charge in [-0.2, -0.15) is 0 Å². The van der Waals surface area contributed by atoms with Gasteiger partial charge in [-0.3, -0.25) is 4.98 Å². The van der Waals surface area contributed by atoms with E-state index in [4.69, 9.17) is 15.2 Å². The molecule has 3 N–H and O–H groups in total. The molecule has 2 rings (SSSR count). The minimum atomic E-state index is 0.416. The standard InChI is InChI=1S/C22H33N5O2/c1-4-27(5-2)14-15-29-20-10-9-18(16-21(20)28-3)17-26-22(23)25-13-11-19-8-6-7-12-24-19/h6-10,12,16H,4-5,11,13-15,17H2,1-3H3,(H3,23,25,26). The van der Waals surface area contributed by atoms with Crippen LogP contribution in [0.15, 0.2) is 47.6 Å². The molecule has 29 heavy (non-hydrogen) atoms. The Kier molecular flexibility index (Phi) is 9.78. The highest BCUT2D eigenvalue weighted by molar-refractivity contribution is 5.77. The lowest BCUT2D eigenvalue weighted by molar-refractivity contribution is 0.217. The Morgan fingerprint density at radius 2 is 2.00 bits per heavy atom. The molecule has 0 atom stereocenters. The molecule has 0 aliphatic carbocycles. The molecule has 0 aliphatic rings. The lowest BCUT2D eigenvalue weighted by Gasteiger charge is -2.18. The summed E-state index contributed by atoms with van der Waals surface area (Å²) in [6.07, 6.45) is 2.58. The number of rotatable bonds is 12. The summed E-state index contributed by atoms with van der Waals surface area (Å²) >= 11 is 0. The van der Waals surface area contributed by atoms with E-state index in [9.17, 15) is 0 Å². The number of nitrogens with zero attached hydrogens (tertiary/aromatic N) is 3. The molecular weight excluding hydrogens is 366 g/mol. The van der Waals surface area contributed by atoms with E-state index in [0.29, 0.717) is 31.4 Å². The second-order valence-electron chi connectivity index (χ2n) is 6.56. The van der Waals surface area contributed by atoms with Crippen molar-refractivity contribution in [1.29, 1.82) is 0 Å². The molecule has 1 aromatic heterocycles. The molecule has 0 aliphatic heterocycles. The van der Waals surface area contributed by atoms with Gasteiger partial charge in [-0.25, -0.2) is 4.99 Å². The van der Waals surface area contributed by atoms with Crippen molar-refractivity contribution in [3.8, 4) is 11.5 Å². The van der Waals surface area contributed by atoms with Gasteiger partial charge in [0.2, 0.25) is 0 Å². The number of methoxy groups -OCH3 is 1. The molecule has 0 radical (unpaired) electrons. The molecule has 0 saturated heterocycles. The maximum Gasteiger partial charge on any atom is 0.188 e. The number of pyridine rings is 1. The second kappa shape index (κ2) is 12.6. The van der Waals surface area contributed by atoms with E-state index >= 15 is 0 Å². The Labute approximate surface area is 173 Å². The molecule has 0 fully saturated rings. The SMILES string of the molecule is CCN(CC)CCOc1ccc(CN=C(N)NCCc2ccccn2)cc1OC. The molecule has 0 saturated carbocycles. The van der Waals surface area contributed by atoms with Crippen molar-refractivity contribution in [3.63, 3.8) is 0 Å². The van der Waals surface area contributed by atoms with Crippen molar-refractivity contribution in [3.05, 3.63) is 53.9 Å². The molecule has 158 valence electrons. The summed E-state index contributed by atoms with van der Waals surface area (Å²) in [5.74, 6) is 1.87. The summed E-state index contributed by atoms with van der Waals surface area (Å²) in [6.45, 7) is 9.02. The average Bonchev–Trinajstić information content (AvgIpc) is 2.76. The van der Waals surface area contributed by atoms with E-state index in [2.05, 4.69) is 34.0 Å². The van der Waals surface area contributed by atoms with E-state index in [0.717, 1.165) is 43.1 Å². The topological polar surface area (TPSA) is 85.0 Å². The molecule has 7 nitrogen and oxygen atoms in total. The van der Waals surface area contributed by atoms with Gasteiger partial charge in [0, 0.05) is 31.4 Å². The summed E-state index contributed by atoms with van der Waals surface area (Å²) in [5, 5.41) is 3.12. The van der Waals surface area contributed by atoms with Crippen LogP contribution in [0.2, 0.25) is 0 Å². The molecule has 0 unspecified atom stereocenters. The minimum absolute atomic E-state index is 0.416. The lowest BCUT2D eigenvalue weighted by atomic mass is 10.2. The van der Waals surface area contributed by atoms with E-state index < -0.39 is 0 Å². The van der Waals surface area contributed by atoms with Gasteiger partial charge >= 0.3 is 0 Å². The molecule has 7 heteroatoms. The van der Waals surface area contributed by atoms with Crippen molar-refractivity contribution in [2.45, 2.75) is 26.8 Å². The normalized spacial score (nSPS) is 11.5. The molecule has 0 amide bonds. The van der Waals surface area contributed by atoms with Gasteiger partial charge in [0.15, 0.2) is 17.5 Å². The van der Waals surface area contributed by atoms with Crippen LogP contribution in [0.1, 0.15) is 25.1 Å². The highest BCUT2D eigenvalue weighted by atomic mass is 16.5. The molecule has 2 aromatic rings. The van der Waals surface area contributed by atoms with Crippen LogP contribution in [0.4, 0.5) is 0 Å². The first-order chi connectivity index (χ1) is 14.2. The highest BCUT2D eigenvalue weighted by Gasteiger charge is 2.07. The third-order valence-electron chi connectivity index (χ3n) is 4.63. The van der Waals surface area contributed by atoms with Crippen molar-refractivity contribution in [2.75, 3.05) is 39.9 Å². The first-order valence-corrected chi connectivity index (χ1v) is 10.1. The zero-order valence-corrected chi connectivity index (χ0v) is 17.7. The zero-order chi connectivity index (χ0) is 20.9. The first-order valence-electron chi connectivity index (χ1n) is 10.1. The van der Waals surface area contributed by atoms with Gasteiger partial charge in [-0.05, 0) is 42.9 Å². The number of hydrogen-bond donors (Lipinski definition) is 2. The fourth-order valence-corrected chi connectivity index (χ4v) is 2.85. The van der Waals surface area contributed by atoms with Crippen LogP contribution in [0.25, 0.3) is 0 Å². The van der Waals surface area contributed by atoms with Crippen LogP contribution in [0.5, 0.6) is 11.5 Å². The molecule has 0 bridgehead atoms. The number of hydrogen-bond acceptors (Lipinski definition) is 5. The predicted octanol–water partition coefficient (Wildman–Crippen LogP) is 2.46.